The van der Waals surface area contributed by atoms with Gasteiger partial charge in [0.05, 0.1) is 0 Å². The molecule has 21 heavy (non-hydrogen) atoms. The smallest absolute Gasteiger partial charge is 0.253 e. The number of amides is 1. The van der Waals surface area contributed by atoms with Crippen molar-refractivity contribution in [3.8, 4) is 0 Å². The first-order chi connectivity index (χ1) is 9.77. The zero-order chi connectivity index (χ0) is 15.8. The van der Waals surface area contributed by atoms with Crippen molar-refractivity contribution < 1.29 is 13.6 Å². The minimum atomic E-state index is -0.905. The lowest BCUT2D eigenvalue weighted by atomic mass is 9.75. The Hall–Kier alpha value is -1.69. The van der Waals surface area contributed by atoms with Crippen LogP contribution in [0.2, 0.25) is 0 Å². The van der Waals surface area contributed by atoms with Crippen LogP contribution in [-0.2, 0) is 0 Å². The molecule has 6 heteroatoms. The quantitative estimate of drug-likeness (QED) is 0.866. The molecule has 1 amide bonds. The van der Waals surface area contributed by atoms with Gasteiger partial charge in [0, 0.05) is 24.7 Å². The Bertz CT molecular complexity index is 533. The second-order valence-corrected chi connectivity index (χ2v) is 5.99. The van der Waals surface area contributed by atoms with Crippen LogP contribution in [0, 0.1) is 11.6 Å². The first kappa shape index (κ1) is 15.7. The van der Waals surface area contributed by atoms with E-state index in [9.17, 15) is 13.6 Å². The van der Waals surface area contributed by atoms with Crippen LogP contribution in [0.25, 0.3) is 0 Å². The number of nitrogens with two attached hydrogens (primary N) is 1. The van der Waals surface area contributed by atoms with Crippen LogP contribution in [0.5, 0.6) is 0 Å². The summed E-state index contributed by atoms with van der Waals surface area (Å²) in [5.74, 6) is -2.21. The van der Waals surface area contributed by atoms with Crippen LogP contribution in [0.3, 0.4) is 0 Å². The van der Waals surface area contributed by atoms with Crippen molar-refractivity contribution >= 4 is 11.6 Å². The lowest BCUT2D eigenvalue weighted by Crippen LogP contribution is -2.57. The monoisotopic (exact) mass is 297 g/mol. The molecule has 0 heterocycles. The van der Waals surface area contributed by atoms with Crippen LogP contribution in [0.4, 0.5) is 14.5 Å². The van der Waals surface area contributed by atoms with Gasteiger partial charge in [-0.3, -0.25) is 4.79 Å². The van der Waals surface area contributed by atoms with Crippen LogP contribution in [0.1, 0.15) is 29.6 Å². The first-order valence-electron chi connectivity index (χ1n) is 6.94. The van der Waals surface area contributed by atoms with E-state index < -0.39 is 23.2 Å². The summed E-state index contributed by atoms with van der Waals surface area (Å²) in [7, 11) is 5.62. The minimum absolute atomic E-state index is 0.0186. The summed E-state index contributed by atoms with van der Waals surface area (Å²) >= 11 is 0. The summed E-state index contributed by atoms with van der Waals surface area (Å²) in [4.78, 5) is 16.0. The van der Waals surface area contributed by atoms with Crippen molar-refractivity contribution in [2.45, 2.75) is 24.8 Å². The van der Waals surface area contributed by atoms with Crippen LogP contribution in [-0.4, -0.2) is 48.9 Å². The first-order valence-corrected chi connectivity index (χ1v) is 6.94. The van der Waals surface area contributed by atoms with Gasteiger partial charge >= 0.3 is 0 Å². The maximum absolute atomic E-state index is 13.5. The zero-order valence-corrected chi connectivity index (χ0v) is 12.6. The molecule has 1 aliphatic carbocycles. The number of rotatable bonds is 4. The van der Waals surface area contributed by atoms with Gasteiger partial charge in [0.2, 0.25) is 0 Å². The summed E-state index contributed by atoms with van der Waals surface area (Å²) in [5.41, 5.74) is 4.61. The van der Waals surface area contributed by atoms with Gasteiger partial charge < -0.3 is 15.5 Å². The van der Waals surface area contributed by atoms with E-state index in [-0.39, 0.29) is 11.1 Å². The number of carbonyl (C=O) groups is 1. The van der Waals surface area contributed by atoms with Gasteiger partial charge in [-0.05, 0) is 45.5 Å². The number of hydrogen-bond donors (Lipinski definition) is 1. The maximum Gasteiger partial charge on any atom is 0.253 e. The highest BCUT2D eigenvalue weighted by atomic mass is 19.1. The molecule has 0 bridgehead atoms. The van der Waals surface area contributed by atoms with Crippen molar-refractivity contribution in [3.05, 3.63) is 29.3 Å². The molecule has 0 saturated heterocycles. The van der Waals surface area contributed by atoms with E-state index in [1.165, 1.54) is 4.90 Å². The fourth-order valence-corrected chi connectivity index (χ4v) is 2.77. The molecule has 2 rings (SSSR count). The van der Waals surface area contributed by atoms with Gasteiger partial charge in [-0.15, -0.1) is 0 Å². The number of nitrogen functional groups attached to an aromatic ring is 1. The third-order valence-corrected chi connectivity index (χ3v) is 4.44. The summed E-state index contributed by atoms with van der Waals surface area (Å²) < 4.78 is 26.9. The Labute approximate surface area is 123 Å². The Balaban J connectivity index is 2.16. The normalized spacial score (nSPS) is 16.7. The number of hydrogen-bond acceptors (Lipinski definition) is 3. The lowest BCUT2D eigenvalue weighted by Gasteiger charge is -2.49. The van der Waals surface area contributed by atoms with Crippen LogP contribution >= 0.6 is 0 Å². The highest BCUT2D eigenvalue weighted by Crippen LogP contribution is 2.36. The molecule has 0 spiro atoms. The van der Waals surface area contributed by atoms with Crippen molar-refractivity contribution in [1.82, 2.24) is 9.80 Å². The molecule has 0 unspecified atom stereocenters. The molecule has 1 saturated carbocycles. The summed E-state index contributed by atoms with van der Waals surface area (Å²) in [5, 5.41) is 0. The van der Waals surface area contributed by atoms with Crippen LogP contribution in [0.15, 0.2) is 12.1 Å². The van der Waals surface area contributed by atoms with Crippen LogP contribution < -0.4 is 5.73 Å². The van der Waals surface area contributed by atoms with Crippen molar-refractivity contribution in [1.29, 1.82) is 0 Å². The third kappa shape index (κ3) is 2.85. The van der Waals surface area contributed by atoms with E-state index in [0.717, 1.165) is 31.4 Å². The average Bonchev–Trinajstić information content (AvgIpc) is 2.37. The van der Waals surface area contributed by atoms with E-state index in [4.69, 9.17) is 5.73 Å². The molecule has 1 aliphatic rings. The average molecular weight is 297 g/mol. The molecular weight excluding hydrogens is 276 g/mol. The van der Waals surface area contributed by atoms with Crippen molar-refractivity contribution in [2.24, 2.45) is 0 Å². The molecule has 0 radical (unpaired) electrons. The van der Waals surface area contributed by atoms with E-state index in [0.29, 0.717) is 6.54 Å². The lowest BCUT2D eigenvalue weighted by molar-refractivity contribution is 0.0252. The number of benzene rings is 1. The second-order valence-electron chi connectivity index (χ2n) is 5.99. The Kier molecular flexibility index (Phi) is 4.18. The fourth-order valence-electron chi connectivity index (χ4n) is 2.77. The Morgan fingerprint density at radius 3 is 2.14 bits per heavy atom. The summed E-state index contributed by atoms with van der Waals surface area (Å²) in [6.07, 6.45) is 3.16. The van der Waals surface area contributed by atoms with Gasteiger partial charge in [0.25, 0.3) is 5.91 Å². The molecule has 0 atom stereocenters. The van der Waals surface area contributed by atoms with E-state index >= 15 is 0 Å². The van der Waals surface area contributed by atoms with E-state index in [1.54, 1.807) is 7.05 Å². The fraction of sp³-hybridized carbons (Fsp3) is 0.533. The van der Waals surface area contributed by atoms with Crippen molar-refractivity contribution in [3.63, 3.8) is 0 Å². The number of nitrogens with zero attached hydrogens (tertiary/aromatic N) is 2. The topological polar surface area (TPSA) is 49.6 Å². The second kappa shape index (κ2) is 5.60. The van der Waals surface area contributed by atoms with Crippen molar-refractivity contribution in [2.75, 3.05) is 33.4 Å². The molecule has 116 valence electrons. The largest absolute Gasteiger partial charge is 0.394 e. The maximum atomic E-state index is 13.5. The molecule has 0 aliphatic heterocycles. The number of carbonyl (C=O) groups excluding carboxylic acids is 1. The summed E-state index contributed by atoms with van der Waals surface area (Å²) in [6, 6.07) is 1.97. The molecule has 1 fully saturated rings. The van der Waals surface area contributed by atoms with E-state index in [1.807, 2.05) is 14.1 Å². The van der Waals surface area contributed by atoms with Gasteiger partial charge in [-0.2, -0.15) is 0 Å². The van der Waals surface area contributed by atoms with Gasteiger partial charge in [-0.25, -0.2) is 8.78 Å². The predicted molar refractivity (Wildman–Crippen MR) is 78.0 cm³/mol. The Morgan fingerprint density at radius 1 is 1.24 bits per heavy atom. The van der Waals surface area contributed by atoms with Gasteiger partial charge in [0.1, 0.15) is 17.3 Å². The number of anilines is 1. The van der Waals surface area contributed by atoms with Gasteiger partial charge in [-0.1, -0.05) is 0 Å². The predicted octanol–water partition coefficient (Wildman–Crippen LogP) is 2.10. The standard InChI is InChI=1S/C15H21F2N3O/c1-19(2)15(5-4-6-15)9-20(3)14(21)10-7-11(16)13(18)12(17)8-10/h7-8H,4-6,9,18H2,1-3H3. The molecular formula is C15H21F2N3O. The Morgan fingerprint density at radius 2 is 1.76 bits per heavy atom. The number of halogens is 2. The highest BCUT2D eigenvalue weighted by Gasteiger charge is 2.40. The number of likely N-dealkylation sites (N-methyl/N-ethyl adjacent to an activating group) is 2. The highest BCUT2D eigenvalue weighted by molar-refractivity contribution is 5.94. The molecule has 1 aromatic carbocycles. The molecule has 1 aromatic rings. The molecule has 0 aromatic heterocycles. The van der Waals surface area contributed by atoms with Gasteiger partial charge in [0.15, 0.2) is 0 Å². The summed E-state index contributed by atoms with van der Waals surface area (Å²) in [6.45, 7) is 0.534. The zero-order valence-electron chi connectivity index (χ0n) is 12.6. The SMILES string of the molecule is CN(CC1(N(C)C)CCC1)C(=O)c1cc(F)c(N)c(F)c1. The molecule has 4 nitrogen and oxygen atoms in total. The van der Waals surface area contributed by atoms with E-state index in [2.05, 4.69) is 4.90 Å². The third-order valence-electron chi connectivity index (χ3n) is 4.44. The molecule has 2 N–H and O–H groups in total. The minimum Gasteiger partial charge on any atom is -0.394 e.